The summed E-state index contributed by atoms with van der Waals surface area (Å²) >= 11 is -5.75. The molecule has 5 nitrogen and oxygen atoms in total. The molecule has 44 valence electrons. The van der Waals surface area contributed by atoms with E-state index in [9.17, 15) is 0 Å². The van der Waals surface area contributed by atoms with Gasteiger partial charge in [-0.15, -0.1) is 0 Å². The van der Waals surface area contributed by atoms with Crippen molar-refractivity contribution in [3.63, 3.8) is 0 Å². The van der Waals surface area contributed by atoms with Gasteiger partial charge in [0.05, 0.1) is 0 Å². The first-order valence-corrected chi connectivity index (χ1v) is 2.75. The molecule has 0 aromatic rings. The first kappa shape index (κ1) is 22.5. The average Bonchev–Trinajstić information content (AvgIpc) is 0.722. The molecule has 0 spiro atoms. The molecule has 0 aromatic heterocycles. The molecule has 0 saturated heterocycles. The molecule has 0 N–H and O–H groups in total. The maximum atomic E-state index is 8.59. The second-order valence-electron chi connectivity index (χ2n) is 0.408. The van der Waals surface area contributed by atoms with Gasteiger partial charge in [0.2, 0.25) is 0 Å². The molecule has 0 fully saturated rings. The molecule has 0 aliphatic carbocycles. The van der Waals surface area contributed by atoms with E-state index in [0.29, 0.717) is 0 Å². The van der Waals surface area contributed by atoms with Crippen LogP contribution < -0.4 is 8.32 Å². The van der Waals surface area contributed by atoms with Crippen LogP contribution >= 0.6 is 0 Å². The van der Waals surface area contributed by atoms with E-state index in [1.54, 1.807) is 0 Å². The van der Waals surface area contributed by atoms with Gasteiger partial charge in [-0.05, 0) is 0 Å². The van der Waals surface area contributed by atoms with Gasteiger partial charge >= 0.3 is 84.1 Å². The Hall–Kier alpha value is 1.86. The average molecular weight is 546 g/mol. The van der Waals surface area contributed by atoms with Gasteiger partial charge in [0.1, 0.15) is 0 Å². The third kappa shape index (κ3) is 107. The van der Waals surface area contributed by atoms with Crippen LogP contribution in [0.1, 0.15) is 0 Å². The molecule has 4 radical (unpaired) electrons. The zero-order valence-corrected chi connectivity index (χ0v) is 12.5. The second kappa shape index (κ2) is 8.86. The van der Waals surface area contributed by atoms with Gasteiger partial charge in [-0.2, -0.15) is 0 Å². The van der Waals surface area contributed by atoms with Crippen LogP contribution in [0.4, 0.5) is 0 Å². The summed E-state index contributed by atoms with van der Waals surface area (Å²) in [6.45, 7) is 0. The van der Waals surface area contributed by atoms with Crippen LogP contribution in [-0.4, -0.2) is 54.6 Å². The molecule has 0 aliphatic heterocycles. The van der Waals surface area contributed by atoms with E-state index in [1.165, 1.54) is 0 Å². The van der Waals surface area contributed by atoms with E-state index in [1.807, 2.05) is 0 Å². The van der Waals surface area contributed by atoms with Crippen molar-refractivity contribution in [3.8, 4) is 0 Å². The standard InChI is InChI=1S/Cr.5O.2Pb/q;;;-2;2*-1;2*+2. The van der Waals surface area contributed by atoms with Gasteiger partial charge in [-0.3, -0.25) is 0 Å². The Morgan fingerprint density at radius 2 is 1.00 bits per heavy atom. The zero-order chi connectivity index (χ0) is 4.50. The largest absolute Gasteiger partial charge is 2.00 e. The van der Waals surface area contributed by atoms with Crippen molar-refractivity contribution in [1.29, 1.82) is 0 Å². The van der Waals surface area contributed by atoms with Crippen LogP contribution in [0.5, 0.6) is 0 Å². The van der Waals surface area contributed by atoms with Gasteiger partial charge in [-0.1, -0.05) is 0 Å². The normalized spacial score (nSPS) is 7.25. The minimum atomic E-state index is -5.75. The maximum Gasteiger partial charge on any atom is 2.00 e. The van der Waals surface area contributed by atoms with Gasteiger partial charge in [0.25, 0.3) is 0 Å². The Morgan fingerprint density at radius 1 is 1.00 bits per heavy atom. The Kier molecular flexibility index (Phi) is 25.0. The van der Waals surface area contributed by atoms with Crippen molar-refractivity contribution in [2.75, 3.05) is 0 Å². The molecular weight excluding hydrogens is 546 g/mol. The molecule has 8 heavy (non-hydrogen) atoms. The molecule has 0 bridgehead atoms. The van der Waals surface area contributed by atoms with E-state index in [2.05, 4.69) is 0 Å². The summed E-state index contributed by atoms with van der Waals surface area (Å²) < 4.78 is 34.4. The SMILES string of the molecule is [O-2].[O]=[Cr](=[O])([O-])[O-].[Pb+2].[Pb+2]. The van der Waals surface area contributed by atoms with E-state index in [-0.39, 0.29) is 60.1 Å². The summed E-state index contributed by atoms with van der Waals surface area (Å²) in [4.78, 5) is 0. The first-order valence-electron chi connectivity index (χ1n) is 0.667. The number of rotatable bonds is 0. The molecular formula is CrO5Pb2. The van der Waals surface area contributed by atoms with Crippen molar-refractivity contribution in [1.82, 2.24) is 0 Å². The minimum Gasteiger partial charge on any atom is 2.00 e. The molecule has 0 aliphatic rings. The molecule has 0 rings (SSSR count). The molecule has 0 amide bonds. The second-order valence-corrected chi connectivity index (χ2v) is 1.68. The van der Waals surface area contributed by atoms with Crippen LogP contribution in [0.3, 0.4) is 0 Å². The minimum absolute atomic E-state index is 0. The van der Waals surface area contributed by atoms with Crippen LogP contribution in [0, 0.1) is 0 Å². The molecule has 0 aromatic carbocycles. The van der Waals surface area contributed by atoms with Crippen LogP contribution in [-0.2, 0) is 26.7 Å². The Morgan fingerprint density at radius 3 is 1.00 bits per heavy atom. The van der Waals surface area contributed by atoms with Crippen LogP contribution in [0.2, 0.25) is 0 Å². The van der Waals surface area contributed by atoms with E-state index < -0.39 is 13.6 Å². The third-order valence-corrected chi connectivity index (χ3v) is 0. The predicted molar refractivity (Wildman–Crippen MR) is 13.6 cm³/mol. The maximum absolute atomic E-state index is 8.59. The van der Waals surface area contributed by atoms with Gasteiger partial charge < -0.3 is 5.48 Å². The smallest absolute Gasteiger partial charge is 2.00 e. The number of hydrogen-bond donors (Lipinski definition) is 0. The van der Waals surface area contributed by atoms with E-state index in [0.717, 1.165) is 0 Å². The summed E-state index contributed by atoms with van der Waals surface area (Å²) in [5.41, 5.74) is 0. The van der Waals surface area contributed by atoms with Crippen molar-refractivity contribution in [2.45, 2.75) is 0 Å². The topological polar surface area (TPSA) is 109 Å². The Bertz CT molecular complexity index is 93.6. The Balaban J connectivity index is -0.0000000267. The summed E-state index contributed by atoms with van der Waals surface area (Å²) in [5.74, 6) is 0. The van der Waals surface area contributed by atoms with Crippen molar-refractivity contribution in [2.24, 2.45) is 0 Å². The van der Waals surface area contributed by atoms with Gasteiger partial charge in [0, 0.05) is 0 Å². The molecule has 0 atom stereocenters. The fourth-order valence-electron chi connectivity index (χ4n) is 0. The van der Waals surface area contributed by atoms with Crippen molar-refractivity contribution in [3.05, 3.63) is 0 Å². The Labute approximate surface area is 88.5 Å². The molecule has 8 heteroatoms. The summed E-state index contributed by atoms with van der Waals surface area (Å²) in [5, 5.41) is 0. The fourth-order valence-corrected chi connectivity index (χ4v) is 0. The van der Waals surface area contributed by atoms with Crippen LogP contribution in [0.15, 0.2) is 0 Å². The molecule has 0 unspecified atom stereocenters. The summed E-state index contributed by atoms with van der Waals surface area (Å²) in [6.07, 6.45) is 0. The summed E-state index contributed by atoms with van der Waals surface area (Å²) in [7, 11) is 0. The van der Waals surface area contributed by atoms with E-state index >= 15 is 0 Å². The third-order valence-electron chi connectivity index (χ3n) is 0. The monoisotopic (exact) mass is 548 g/mol. The number of hydrogen-bond acceptors (Lipinski definition) is 4. The van der Waals surface area contributed by atoms with Crippen molar-refractivity contribution >= 4 is 54.6 Å². The fraction of sp³-hybridized carbons (Fsp3) is 0. The first-order chi connectivity index (χ1) is 2.00. The van der Waals surface area contributed by atoms with Gasteiger partial charge in [0.15, 0.2) is 0 Å². The quantitative estimate of drug-likeness (QED) is 0.294. The summed E-state index contributed by atoms with van der Waals surface area (Å²) in [6, 6.07) is 0. The zero-order valence-electron chi connectivity index (χ0n) is 3.45. The molecule has 0 saturated carbocycles. The van der Waals surface area contributed by atoms with Gasteiger partial charge in [-0.25, -0.2) is 0 Å². The van der Waals surface area contributed by atoms with E-state index in [4.69, 9.17) is 15.9 Å². The van der Waals surface area contributed by atoms with Crippen molar-refractivity contribution < 1.29 is 35.0 Å². The predicted octanol–water partition coefficient (Wildman–Crippen LogP) is -3.50. The van der Waals surface area contributed by atoms with Crippen LogP contribution in [0.25, 0.3) is 0 Å². The molecule has 0 heterocycles.